The highest BCUT2D eigenvalue weighted by molar-refractivity contribution is 6.17. The molecule has 0 aliphatic rings. The Bertz CT molecular complexity index is 1350. The van der Waals surface area contributed by atoms with Gasteiger partial charge in [0.15, 0.2) is 11.6 Å². The molecule has 3 rings (SSSR count). The lowest BCUT2D eigenvalue weighted by Gasteiger charge is -2.17. The molecular formula is C24H20O9. The van der Waals surface area contributed by atoms with E-state index in [-0.39, 0.29) is 27.8 Å². The third-order valence-electron chi connectivity index (χ3n) is 5.33. The number of rotatable bonds is 5. The number of Topliss-reactive ketones (excluding diaryl/α,β-unsaturated/α-hetero) is 2. The van der Waals surface area contributed by atoms with Gasteiger partial charge in [0.05, 0.1) is 16.7 Å². The van der Waals surface area contributed by atoms with Crippen LogP contribution < -0.4 is 0 Å². The zero-order valence-corrected chi connectivity index (χ0v) is 17.8. The van der Waals surface area contributed by atoms with Gasteiger partial charge in [0.1, 0.15) is 45.6 Å². The number of phenols is 6. The zero-order valence-electron chi connectivity index (χ0n) is 17.8. The van der Waals surface area contributed by atoms with Crippen molar-refractivity contribution in [1.29, 1.82) is 0 Å². The van der Waals surface area contributed by atoms with E-state index in [0.717, 1.165) is 31.2 Å². The van der Waals surface area contributed by atoms with Crippen LogP contribution in [0.1, 0.15) is 56.0 Å². The number of aromatic hydroxyl groups is 6. The predicted octanol–water partition coefficient (Wildman–Crippen LogP) is 3.53. The van der Waals surface area contributed by atoms with Crippen LogP contribution in [-0.2, 0) is 0 Å². The van der Waals surface area contributed by atoms with Gasteiger partial charge in [-0.05, 0) is 62.2 Å². The van der Waals surface area contributed by atoms with Gasteiger partial charge in [-0.2, -0.15) is 0 Å². The van der Waals surface area contributed by atoms with E-state index in [0.29, 0.717) is 0 Å². The summed E-state index contributed by atoms with van der Waals surface area (Å²) in [6, 6.07) is 5.47. The van der Waals surface area contributed by atoms with E-state index < -0.39 is 63.0 Å². The topological polar surface area (TPSA) is 173 Å². The first-order valence-corrected chi connectivity index (χ1v) is 9.60. The van der Waals surface area contributed by atoms with E-state index in [1.165, 1.54) is 19.9 Å². The Hall–Kier alpha value is -4.53. The zero-order chi connectivity index (χ0) is 24.8. The lowest BCUT2D eigenvalue weighted by Crippen LogP contribution is -2.07. The maximum Gasteiger partial charge on any atom is 0.208 e. The van der Waals surface area contributed by atoms with Gasteiger partial charge >= 0.3 is 0 Å². The van der Waals surface area contributed by atoms with Gasteiger partial charge in [0.25, 0.3) is 0 Å². The Morgan fingerprint density at radius 3 is 1.67 bits per heavy atom. The molecule has 0 fully saturated rings. The molecule has 0 aliphatic carbocycles. The third-order valence-corrected chi connectivity index (χ3v) is 5.33. The van der Waals surface area contributed by atoms with Crippen molar-refractivity contribution in [2.24, 2.45) is 0 Å². The van der Waals surface area contributed by atoms with E-state index in [2.05, 4.69) is 0 Å². The number of phenolic OH excluding ortho intramolecular Hbond substituents is 6. The molecule has 170 valence electrons. The number of carbonyl (C=O) groups is 3. The van der Waals surface area contributed by atoms with Gasteiger partial charge in [-0.15, -0.1) is 0 Å². The highest BCUT2D eigenvalue weighted by Gasteiger charge is 2.30. The van der Waals surface area contributed by atoms with Crippen LogP contribution in [0.25, 0.3) is 11.1 Å². The maximum atomic E-state index is 13.1. The number of hydrogen-bond donors (Lipinski definition) is 6. The molecule has 0 aliphatic heterocycles. The van der Waals surface area contributed by atoms with Crippen LogP contribution in [-0.4, -0.2) is 48.0 Å². The van der Waals surface area contributed by atoms with Crippen LogP contribution in [0.15, 0.2) is 30.3 Å². The largest absolute Gasteiger partial charge is 0.507 e. The molecule has 3 aromatic carbocycles. The van der Waals surface area contributed by atoms with E-state index >= 15 is 0 Å². The van der Waals surface area contributed by atoms with E-state index in [4.69, 9.17) is 0 Å². The summed E-state index contributed by atoms with van der Waals surface area (Å²) in [5, 5.41) is 62.5. The summed E-state index contributed by atoms with van der Waals surface area (Å²) >= 11 is 0. The van der Waals surface area contributed by atoms with Crippen molar-refractivity contribution in [3.8, 4) is 45.6 Å². The standard InChI is InChI=1S/C24H20O9/c1-9-14(18-15(27)6-4-12(10(2)25)22(18)31)8-17(29)20(21(9)30)24(33)19-16(28)7-5-13(11(3)26)23(19)32/h4-8,27-32H,1-3H3. The molecular weight excluding hydrogens is 432 g/mol. The Labute approximate surface area is 187 Å². The molecule has 0 unspecified atom stereocenters. The van der Waals surface area contributed by atoms with Crippen molar-refractivity contribution in [2.75, 3.05) is 0 Å². The second kappa shape index (κ2) is 8.19. The lowest BCUT2D eigenvalue weighted by atomic mass is 9.90. The van der Waals surface area contributed by atoms with Crippen LogP contribution in [0.4, 0.5) is 0 Å². The average molecular weight is 452 g/mol. The lowest BCUT2D eigenvalue weighted by molar-refractivity contribution is 0.0999. The van der Waals surface area contributed by atoms with Gasteiger partial charge in [-0.25, -0.2) is 0 Å². The second-order valence-electron chi connectivity index (χ2n) is 7.45. The van der Waals surface area contributed by atoms with Crippen LogP contribution >= 0.6 is 0 Å². The first kappa shape index (κ1) is 23.1. The molecule has 0 heterocycles. The van der Waals surface area contributed by atoms with Gasteiger partial charge in [-0.1, -0.05) is 0 Å². The molecule has 9 heteroatoms. The molecule has 0 amide bonds. The molecule has 0 spiro atoms. The third kappa shape index (κ3) is 3.69. The summed E-state index contributed by atoms with van der Waals surface area (Å²) in [5.74, 6) is -6.39. The monoisotopic (exact) mass is 452 g/mol. The molecule has 6 N–H and O–H groups in total. The van der Waals surface area contributed by atoms with Crippen molar-refractivity contribution in [2.45, 2.75) is 20.8 Å². The van der Waals surface area contributed by atoms with Crippen LogP contribution in [0.3, 0.4) is 0 Å². The maximum absolute atomic E-state index is 13.1. The fourth-order valence-electron chi connectivity index (χ4n) is 3.58. The molecule has 0 bridgehead atoms. The molecule has 0 radical (unpaired) electrons. The van der Waals surface area contributed by atoms with Crippen molar-refractivity contribution in [3.05, 3.63) is 58.1 Å². The minimum absolute atomic E-state index is 0.0656. The summed E-state index contributed by atoms with van der Waals surface area (Å²) in [6.45, 7) is 3.67. The minimum Gasteiger partial charge on any atom is -0.507 e. The number of hydrogen-bond acceptors (Lipinski definition) is 9. The Kier molecular flexibility index (Phi) is 5.74. The first-order chi connectivity index (χ1) is 15.4. The van der Waals surface area contributed by atoms with Gasteiger partial charge < -0.3 is 30.6 Å². The average Bonchev–Trinajstić information content (AvgIpc) is 2.71. The van der Waals surface area contributed by atoms with E-state index in [1.54, 1.807) is 0 Å². The number of benzene rings is 3. The predicted molar refractivity (Wildman–Crippen MR) is 116 cm³/mol. The molecule has 0 aromatic heterocycles. The Balaban J connectivity index is 2.28. The van der Waals surface area contributed by atoms with Crippen molar-refractivity contribution < 1.29 is 45.0 Å². The summed E-state index contributed by atoms with van der Waals surface area (Å²) in [4.78, 5) is 36.5. The van der Waals surface area contributed by atoms with Crippen molar-refractivity contribution in [3.63, 3.8) is 0 Å². The summed E-state index contributed by atoms with van der Waals surface area (Å²) < 4.78 is 0. The minimum atomic E-state index is -1.18. The van der Waals surface area contributed by atoms with Gasteiger partial charge in [0.2, 0.25) is 5.78 Å². The number of ketones is 3. The van der Waals surface area contributed by atoms with Crippen LogP contribution in [0.2, 0.25) is 0 Å². The highest BCUT2D eigenvalue weighted by atomic mass is 16.3. The first-order valence-electron chi connectivity index (χ1n) is 9.60. The van der Waals surface area contributed by atoms with E-state index in [1.807, 2.05) is 0 Å². The molecule has 0 saturated heterocycles. The van der Waals surface area contributed by atoms with Crippen molar-refractivity contribution >= 4 is 17.3 Å². The summed E-state index contributed by atoms with van der Waals surface area (Å²) in [6.07, 6.45) is 0. The Morgan fingerprint density at radius 1 is 0.636 bits per heavy atom. The van der Waals surface area contributed by atoms with E-state index in [9.17, 15) is 45.0 Å². The van der Waals surface area contributed by atoms with Crippen molar-refractivity contribution in [1.82, 2.24) is 0 Å². The fraction of sp³-hybridized carbons (Fsp3) is 0.125. The fourth-order valence-corrected chi connectivity index (χ4v) is 3.58. The van der Waals surface area contributed by atoms with Gasteiger partial charge in [0, 0.05) is 0 Å². The number of carbonyl (C=O) groups excluding carboxylic acids is 3. The molecule has 33 heavy (non-hydrogen) atoms. The van der Waals surface area contributed by atoms with Crippen LogP contribution in [0, 0.1) is 6.92 Å². The molecule has 0 atom stereocenters. The Morgan fingerprint density at radius 2 is 1.12 bits per heavy atom. The summed E-state index contributed by atoms with van der Waals surface area (Å²) in [5.41, 5.74) is -2.16. The summed E-state index contributed by atoms with van der Waals surface area (Å²) in [7, 11) is 0. The van der Waals surface area contributed by atoms with Crippen LogP contribution in [0.5, 0.6) is 34.5 Å². The quantitative estimate of drug-likeness (QED) is 0.317. The smallest absolute Gasteiger partial charge is 0.208 e. The highest BCUT2D eigenvalue weighted by Crippen LogP contribution is 2.47. The second-order valence-corrected chi connectivity index (χ2v) is 7.45. The SMILES string of the molecule is CC(=O)c1ccc(O)c(C(=O)c2c(O)cc(-c3c(O)ccc(C(C)=O)c3O)c(C)c2O)c1O. The molecule has 3 aromatic rings. The van der Waals surface area contributed by atoms with Gasteiger partial charge in [-0.3, -0.25) is 14.4 Å². The molecule has 9 nitrogen and oxygen atoms in total. The molecule has 0 saturated carbocycles. The normalized spacial score (nSPS) is 10.8.